The number of hydrogen-bond acceptors (Lipinski definition) is 7. The lowest BCUT2D eigenvalue weighted by Gasteiger charge is -2.38. The van der Waals surface area contributed by atoms with Gasteiger partial charge in [0.05, 0.1) is 21.2 Å². The minimum atomic E-state index is -4.53. The first-order valence-corrected chi connectivity index (χ1v) is 13.0. The van der Waals surface area contributed by atoms with Crippen molar-refractivity contribution in [1.82, 2.24) is 4.98 Å². The van der Waals surface area contributed by atoms with Crippen molar-refractivity contribution < 1.29 is 31.1 Å². The first-order valence-electron chi connectivity index (χ1n) is 11.5. The Labute approximate surface area is 210 Å². The van der Waals surface area contributed by atoms with Crippen LogP contribution in [0.3, 0.4) is 0 Å². The lowest BCUT2D eigenvalue weighted by atomic mass is 9.90. The molecule has 0 unspecified atom stereocenters. The van der Waals surface area contributed by atoms with Gasteiger partial charge in [-0.1, -0.05) is 27.4 Å². The molecule has 1 fully saturated rings. The third kappa shape index (κ3) is 6.91. The number of ether oxygens (including phenoxy) is 2. The third-order valence-electron chi connectivity index (χ3n) is 5.98. The van der Waals surface area contributed by atoms with Gasteiger partial charge in [0.1, 0.15) is 0 Å². The molecule has 2 aromatic rings. The largest absolute Gasteiger partial charge is 0.468 e. The number of aromatic nitrogens is 1. The average Bonchev–Trinajstić information content (AvgIpc) is 2.81. The number of nitrogens with zero attached hydrogens (tertiary/aromatic N) is 2. The highest BCUT2D eigenvalue weighted by Gasteiger charge is 2.30. The highest BCUT2D eigenvalue weighted by atomic mass is 32.2. The van der Waals surface area contributed by atoms with Gasteiger partial charge in [0.15, 0.2) is 6.61 Å². The Bertz CT molecular complexity index is 1170. The van der Waals surface area contributed by atoms with Gasteiger partial charge in [-0.3, -0.25) is 0 Å². The van der Waals surface area contributed by atoms with Crippen LogP contribution in [0, 0.1) is 11.3 Å². The van der Waals surface area contributed by atoms with Gasteiger partial charge in [-0.25, -0.2) is 13.4 Å². The second-order valence-electron chi connectivity index (χ2n) is 9.82. The van der Waals surface area contributed by atoms with E-state index >= 15 is 0 Å². The number of hydrogen-bond donors (Lipinski definition) is 1. The Balaban J connectivity index is 1.87. The molecule has 7 nitrogen and oxygen atoms in total. The van der Waals surface area contributed by atoms with Crippen molar-refractivity contribution in [1.29, 1.82) is 0 Å². The third-order valence-corrected chi connectivity index (χ3v) is 7.71. The summed E-state index contributed by atoms with van der Waals surface area (Å²) in [7, 11) is -4.02. The zero-order valence-electron chi connectivity index (χ0n) is 20.6. The van der Waals surface area contributed by atoms with Gasteiger partial charge in [0.25, 0.3) is 0 Å². The Morgan fingerprint density at radius 1 is 1.17 bits per heavy atom. The van der Waals surface area contributed by atoms with Crippen molar-refractivity contribution in [3.05, 3.63) is 48.8 Å². The number of nitrogen functional groups attached to an aromatic ring is 1. The lowest BCUT2D eigenvalue weighted by Crippen LogP contribution is -2.36. The molecular weight excluding hydrogens is 495 g/mol. The van der Waals surface area contributed by atoms with E-state index in [9.17, 15) is 21.6 Å². The van der Waals surface area contributed by atoms with E-state index in [0.717, 1.165) is 36.9 Å². The second-order valence-corrected chi connectivity index (χ2v) is 11.8. The van der Waals surface area contributed by atoms with Crippen molar-refractivity contribution in [3.63, 3.8) is 0 Å². The second kappa shape index (κ2) is 10.7. The molecule has 1 aliphatic heterocycles. The van der Waals surface area contributed by atoms with Crippen LogP contribution >= 0.6 is 0 Å². The van der Waals surface area contributed by atoms with Crippen LogP contribution in [0.2, 0.25) is 0 Å². The molecule has 198 valence electrons. The highest BCUT2D eigenvalue weighted by Crippen LogP contribution is 2.37. The molecule has 0 aliphatic carbocycles. The maximum absolute atomic E-state index is 13.1. The van der Waals surface area contributed by atoms with Crippen molar-refractivity contribution in [2.24, 2.45) is 11.3 Å². The summed E-state index contributed by atoms with van der Waals surface area (Å²) in [4.78, 5) is 5.50. The number of sulfone groups is 1. The normalized spacial score (nSPS) is 15.5. The van der Waals surface area contributed by atoms with E-state index in [1.165, 1.54) is 12.1 Å². The van der Waals surface area contributed by atoms with E-state index in [4.69, 9.17) is 10.5 Å². The predicted molar refractivity (Wildman–Crippen MR) is 132 cm³/mol. The van der Waals surface area contributed by atoms with Crippen LogP contribution < -0.4 is 15.4 Å². The summed E-state index contributed by atoms with van der Waals surface area (Å²) < 4.78 is 73.3. The van der Waals surface area contributed by atoms with Gasteiger partial charge in [0.2, 0.25) is 15.7 Å². The van der Waals surface area contributed by atoms with Crippen LogP contribution in [0.4, 0.5) is 24.5 Å². The van der Waals surface area contributed by atoms with E-state index in [2.05, 4.69) is 42.0 Å². The number of alkyl halides is 3. The molecule has 1 aromatic heterocycles. The number of halogens is 3. The standard InChI is InChI=1S/C25H32F3N3O4S/c1-17(24(2,3)4)31(15-18-9-11-34-12-10-18)22-7-5-19(13-21(22)29)36(32,33)20-6-8-23(30-14-20)35-16-25(26,27)28/h5-8,13-14,18H,1,9-12,15-16,29H2,2-4H3. The van der Waals surface area contributed by atoms with Gasteiger partial charge >= 0.3 is 6.18 Å². The van der Waals surface area contributed by atoms with Gasteiger partial charge in [-0.2, -0.15) is 13.2 Å². The summed E-state index contributed by atoms with van der Waals surface area (Å²) in [5.41, 5.74) is 7.92. The molecule has 3 rings (SSSR count). The Hall–Kier alpha value is -2.79. The van der Waals surface area contributed by atoms with Crippen LogP contribution in [0.1, 0.15) is 33.6 Å². The molecule has 1 aliphatic rings. The maximum Gasteiger partial charge on any atom is 0.422 e. The van der Waals surface area contributed by atoms with Crippen LogP contribution in [0.25, 0.3) is 0 Å². The molecule has 36 heavy (non-hydrogen) atoms. The Morgan fingerprint density at radius 3 is 2.33 bits per heavy atom. The van der Waals surface area contributed by atoms with Crippen LogP contribution in [-0.4, -0.2) is 45.9 Å². The van der Waals surface area contributed by atoms with E-state index in [1.54, 1.807) is 6.07 Å². The molecule has 0 bridgehead atoms. The first-order chi connectivity index (χ1) is 16.7. The van der Waals surface area contributed by atoms with Crippen LogP contribution in [-0.2, 0) is 14.6 Å². The summed E-state index contributed by atoms with van der Waals surface area (Å²) in [6.45, 7) is 11.0. The molecule has 2 N–H and O–H groups in total. The van der Waals surface area contributed by atoms with Crippen molar-refractivity contribution in [3.8, 4) is 5.88 Å². The van der Waals surface area contributed by atoms with Gasteiger partial charge in [-0.15, -0.1) is 0 Å². The van der Waals surface area contributed by atoms with Crippen LogP contribution in [0.15, 0.2) is 58.6 Å². The summed E-state index contributed by atoms with van der Waals surface area (Å²) in [6.07, 6.45) is -1.74. The van der Waals surface area contributed by atoms with Gasteiger partial charge in [-0.05, 0) is 43.0 Å². The number of benzene rings is 1. The smallest absolute Gasteiger partial charge is 0.422 e. The SMILES string of the molecule is C=C(N(CC1CCOCC1)c1ccc(S(=O)(=O)c2ccc(OCC(F)(F)F)nc2)cc1N)C(C)(C)C. The number of rotatable bonds is 8. The minimum absolute atomic E-state index is 0.0538. The van der Waals surface area contributed by atoms with Crippen LogP contribution in [0.5, 0.6) is 5.88 Å². The van der Waals surface area contributed by atoms with Gasteiger partial charge in [0, 0.05) is 43.1 Å². The molecular formula is C25H32F3N3O4S. The lowest BCUT2D eigenvalue weighted by molar-refractivity contribution is -0.154. The zero-order valence-corrected chi connectivity index (χ0v) is 21.5. The molecule has 0 atom stereocenters. The van der Waals surface area contributed by atoms with Crippen molar-refractivity contribution >= 4 is 21.2 Å². The van der Waals surface area contributed by atoms with Gasteiger partial charge < -0.3 is 20.1 Å². The predicted octanol–water partition coefficient (Wildman–Crippen LogP) is 5.23. The summed E-state index contributed by atoms with van der Waals surface area (Å²) in [5.74, 6) is 0.0513. The monoisotopic (exact) mass is 527 g/mol. The topological polar surface area (TPSA) is 94.8 Å². The summed E-state index contributed by atoms with van der Waals surface area (Å²) in [6, 6.07) is 6.73. The molecule has 0 saturated carbocycles. The minimum Gasteiger partial charge on any atom is -0.468 e. The van der Waals surface area contributed by atoms with E-state index in [-0.39, 0.29) is 26.8 Å². The molecule has 1 aromatic carbocycles. The van der Waals surface area contributed by atoms with E-state index in [1.807, 2.05) is 0 Å². The molecule has 0 spiro atoms. The highest BCUT2D eigenvalue weighted by molar-refractivity contribution is 7.91. The van der Waals surface area contributed by atoms with Crippen molar-refractivity contribution in [2.75, 3.05) is 37.0 Å². The quantitative estimate of drug-likeness (QED) is 0.470. The summed E-state index contributed by atoms with van der Waals surface area (Å²) in [5, 5.41) is 0. The molecule has 2 heterocycles. The fourth-order valence-electron chi connectivity index (χ4n) is 3.79. The summed E-state index contributed by atoms with van der Waals surface area (Å²) >= 11 is 0. The number of pyridine rings is 1. The average molecular weight is 528 g/mol. The number of allylic oxidation sites excluding steroid dienone is 1. The Morgan fingerprint density at radius 2 is 1.81 bits per heavy atom. The zero-order chi connectivity index (χ0) is 26.7. The van der Waals surface area contributed by atoms with Crippen molar-refractivity contribution in [2.45, 2.75) is 49.6 Å². The number of nitrogens with two attached hydrogens (primary N) is 1. The maximum atomic E-state index is 13.1. The van der Waals surface area contributed by atoms with E-state index in [0.29, 0.717) is 31.4 Å². The first kappa shape index (κ1) is 27.8. The molecule has 0 radical (unpaired) electrons. The fourth-order valence-corrected chi connectivity index (χ4v) is 5.03. The number of anilines is 2. The molecule has 11 heteroatoms. The molecule has 1 saturated heterocycles. The Kier molecular flexibility index (Phi) is 8.24. The van der Waals surface area contributed by atoms with E-state index < -0.39 is 22.6 Å². The fraction of sp³-hybridized carbons (Fsp3) is 0.480. The molecule has 0 amide bonds.